The standard InChI is InChI=1S/C9H13BrClN3O2S/c1-14(2)4-3-13-17(15,16)8-5-7(10)6-12-9(8)11/h5-6,13H,3-4H2,1-2H3. The molecule has 17 heavy (non-hydrogen) atoms. The van der Waals surface area contributed by atoms with Crippen molar-refractivity contribution in [3.05, 3.63) is 21.9 Å². The van der Waals surface area contributed by atoms with Crippen LogP contribution in [-0.4, -0.2) is 45.5 Å². The second kappa shape index (κ2) is 6.10. The van der Waals surface area contributed by atoms with Gasteiger partial charge in [0.2, 0.25) is 10.0 Å². The SMILES string of the molecule is CN(C)CCNS(=O)(=O)c1cc(Br)cnc1Cl. The van der Waals surface area contributed by atoms with Crippen molar-refractivity contribution in [2.24, 2.45) is 0 Å². The van der Waals surface area contributed by atoms with Crippen LogP contribution in [0.3, 0.4) is 0 Å². The van der Waals surface area contributed by atoms with Gasteiger partial charge in [0.15, 0.2) is 0 Å². The Bertz CT molecular complexity index is 493. The number of likely N-dealkylation sites (N-methyl/N-ethyl adjacent to an activating group) is 1. The lowest BCUT2D eigenvalue weighted by atomic mass is 10.5. The van der Waals surface area contributed by atoms with Crippen molar-refractivity contribution >= 4 is 37.6 Å². The molecular formula is C9H13BrClN3O2S. The maximum Gasteiger partial charge on any atom is 0.243 e. The molecule has 1 aromatic heterocycles. The maximum absolute atomic E-state index is 11.9. The second-order valence-electron chi connectivity index (χ2n) is 3.64. The van der Waals surface area contributed by atoms with E-state index < -0.39 is 10.0 Å². The van der Waals surface area contributed by atoms with Crippen LogP contribution < -0.4 is 4.72 Å². The summed E-state index contributed by atoms with van der Waals surface area (Å²) >= 11 is 8.92. The van der Waals surface area contributed by atoms with E-state index in [4.69, 9.17) is 11.6 Å². The van der Waals surface area contributed by atoms with Crippen molar-refractivity contribution in [2.75, 3.05) is 27.2 Å². The van der Waals surface area contributed by atoms with Gasteiger partial charge in [-0.15, -0.1) is 0 Å². The zero-order chi connectivity index (χ0) is 13.1. The predicted molar refractivity (Wildman–Crippen MR) is 70.7 cm³/mol. The first-order valence-electron chi connectivity index (χ1n) is 4.78. The molecule has 1 heterocycles. The van der Waals surface area contributed by atoms with E-state index >= 15 is 0 Å². The van der Waals surface area contributed by atoms with Crippen LogP contribution in [0.25, 0.3) is 0 Å². The van der Waals surface area contributed by atoms with Crippen molar-refractivity contribution in [1.82, 2.24) is 14.6 Å². The quantitative estimate of drug-likeness (QED) is 0.820. The molecule has 0 radical (unpaired) electrons. The number of pyridine rings is 1. The predicted octanol–water partition coefficient (Wildman–Crippen LogP) is 1.34. The number of nitrogens with zero attached hydrogens (tertiary/aromatic N) is 2. The Labute approximate surface area is 114 Å². The zero-order valence-corrected chi connectivity index (χ0v) is 12.6. The van der Waals surface area contributed by atoms with Gasteiger partial charge in [0, 0.05) is 23.8 Å². The minimum Gasteiger partial charge on any atom is -0.308 e. The van der Waals surface area contributed by atoms with Gasteiger partial charge in [0.25, 0.3) is 0 Å². The summed E-state index contributed by atoms with van der Waals surface area (Å²) in [6.45, 7) is 0.927. The molecule has 8 heteroatoms. The fourth-order valence-electron chi connectivity index (χ4n) is 1.07. The molecule has 0 fully saturated rings. The third kappa shape index (κ3) is 4.51. The molecule has 0 unspecified atom stereocenters. The average Bonchev–Trinajstić information content (AvgIpc) is 2.20. The number of hydrogen-bond donors (Lipinski definition) is 1. The first-order chi connectivity index (χ1) is 7.83. The van der Waals surface area contributed by atoms with Gasteiger partial charge in [-0.3, -0.25) is 0 Å². The Morgan fingerprint density at radius 2 is 2.18 bits per heavy atom. The summed E-state index contributed by atoms with van der Waals surface area (Å²) in [6.07, 6.45) is 1.45. The van der Waals surface area contributed by atoms with Gasteiger partial charge in [0.05, 0.1) is 0 Å². The van der Waals surface area contributed by atoms with Crippen LogP contribution in [-0.2, 0) is 10.0 Å². The van der Waals surface area contributed by atoms with Crippen LogP contribution in [0, 0.1) is 0 Å². The molecule has 0 aromatic carbocycles. The van der Waals surface area contributed by atoms with Crippen LogP contribution in [0.4, 0.5) is 0 Å². The molecular weight excluding hydrogens is 330 g/mol. The van der Waals surface area contributed by atoms with E-state index in [-0.39, 0.29) is 10.0 Å². The Morgan fingerprint density at radius 1 is 1.53 bits per heavy atom. The summed E-state index contributed by atoms with van der Waals surface area (Å²) in [5, 5.41) is -0.0365. The Morgan fingerprint density at radius 3 is 2.76 bits per heavy atom. The van der Waals surface area contributed by atoms with Crippen LogP contribution in [0.2, 0.25) is 5.15 Å². The summed E-state index contributed by atoms with van der Waals surface area (Å²) < 4.78 is 26.8. The molecule has 1 aromatic rings. The zero-order valence-electron chi connectivity index (χ0n) is 9.44. The van der Waals surface area contributed by atoms with Gasteiger partial charge < -0.3 is 4.90 Å². The third-order valence-corrected chi connectivity index (χ3v) is 4.24. The lowest BCUT2D eigenvalue weighted by Gasteiger charge is -2.11. The molecule has 0 saturated carbocycles. The van der Waals surface area contributed by atoms with Crippen molar-refractivity contribution in [3.8, 4) is 0 Å². The summed E-state index contributed by atoms with van der Waals surface area (Å²) in [5.41, 5.74) is 0. The van der Waals surface area contributed by atoms with Gasteiger partial charge in [-0.2, -0.15) is 0 Å². The number of sulfonamides is 1. The topological polar surface area (TPSA) is 62.3 Å². The van der Waals surface area contributed by atoms with Crippen LogP contribution in [0.15, 0.2) is 21.6 Å². The first kappa shape index (κ1) is 14.8. The lowest BCUT2D eigenvalue weighted by molar-refractivity contribution is 0.412. The largest absolute Gasteiger partial charge is 0.308 e. The summed E-state index contributed by atoms with van der Waals surface area (Å²) in [7, 11) is 0.116. The van der Waals surface area contributed by atoms with Crippen molar-refractivity contribution in [2.45, 2.75) is 4.90 Å². The van der Waals surface area contributed by atoms with Crippen LogP contribution in [0.1, 0.15) is 0 Å². The van der Waals surface area contributed by atoms with E-state index in [1.54, 1.807) is 0 Å². The van der Waals surface area contributed by atoms with Gasteiger partial charge in [-0.05, 0) is 36.1 Å². The Kier molecular flexibility index (Phi) is 5.33. The second-order valence-corrected chi connectivity index (χ2v) is 6.65. The van der Waals surface area contributed by atoms with Crippen LogP contribution >= 0.6 is 27.5 Å². The number of nitrogens with one attached hydrogen (secondary N) is 1. The molecule has 0 spiro atoms. The molecule has 0 atom stereocenters. The van der Waals surface area contributed by atoms with E-state index in [1.165, 1.54) is 12.3 Å². The molecule has 0 amide bonds. The number of halogens is 2. The normalized spacial score (nSPS) is 12.1. The summed E-state index contributed by atoms with van der Waals surface area (Å²) in [4.78, 5) is 5.63. The average molecular weight is 343 g/mol. The van der Waals surface area contributed by atoms with Gasteiger partial charge in [0.1, 0.15) is 10.0 Å². The van der Waals surface area contributed by atoms with Gasteiger partial charge >= 0.3 is 0 Å². The number of rotatable bonds is 5. The van der Waals surface area contributed by atoms with Gasteiger partial charge in [-0.25, -0.2) is 18.1 Å². The monoisotopic (exact) mass is 341 g/mol. The minimum absolute atomic E-state index is 0.0210. The molecule has 5 nitrogen and oxygen atoms in total. The van der Waals surface area contributed by atoms with Crippen molar-refractivity contribution in [3.63, 3.8) is 0 Å². The first-order valence-corrected chi connectivity index (χ1v) is 7.44. The fraction of sp³-hybridized carbons (Fsp3) is 0.444. The lowest BCUT2D eigenvalue weighted by Crippen LogP contribution is -2.31. The summed E-state index contributed by atoms with van der Waals surface area (Å²) in [5.74, 6) is 0. The van der Waals surface area contributed by atoms with Gasteiger partial charge in [-0.1, -0.05) is 11.6 Å². The molecule has 0 bridgehead atoms. The summed E-state index contributed by atoms with van der Waals surface area (Å²) in [6, 6.07) is 1.42. The number of hydrogen-bond acceptors (Lipinski definition) is 4. The highest BCUT2D eigenvalue weighted by Crippen LogP contribution is 2.22. The van der Waals surface area contributed by atoms with E-state index in [9.17, 15) is 8.42 Å². The molecule has 0 aliphatic rings. The molecule has 0 aliphatic carbocycles. The number of aromatic nitrogens is 1. The van der Waals surface area contributed by atoms with E-state index in [0.29, 0.717) is 17.6 Å². The minimum atomic E-state index is -3.61. The van der Waals surface area contributed by atoms with E-state index in [2.05, 4.69) is 25.6 Å². The maximum atomic E-state index is 11.9. The highest BCUT2D eigenvalue weighted by Gasteiger charge is 2.18. The molecule has 0 saturated heterocycles. The molecule has 0 aliphatic heterocycles. The highest BCUT2D eigenvalue weighted by atomic mass is 79.9. The van der Waals surface area contributed by atoms with Crippen molar-refractivity contribution < 1.29 is 8.42 Å². The molecule has 1 N–H and O–H groups in total. The molecule has 1 rings (SSSR count). The third-order valence-electron chi connectivity index (χ3n) is 1.91. The van der Waals surface area contributed by atoms with Crippen molar-refractivity contribution in [1.29, 1.82) is 0 Å². The van der Waals surface area contributed by atoms with E-state index in [0.717, 1.165) is 0 Å². The van der Waals surface area contributed by atoms with Crippen LogP contribution in [0.5, 0.6) is 0 Å². The molecule has 96 valence electrons. The Hall–Kier alpha value is -0.210. The van der Waals surface area contributed by atoms with E-state index in [1.807, 2.05) is 19.0 Å². The smallest absolute Gasteiger partial charge is 0.243 e. The Balaban J connectivity index is 2.86. The highest BCUT2D eigenvalue weighted by molar-refractivity contribution is 9.10. The fourth-order valence-corrected chi connectivity index (χ4v) is 3.04.